The van der Waals surface area contributed by atoms with Gasteiger partial charge in [0.1, 0.15) is 0 Å². The molecule has 0 aromatic carbocycles. The van der Waals surface area contributed by atoms with E-state index in [-0.39, 0.29) is 53.9 Å². The summed E-state index contributed by atoms with van der Waals surface area (Å²) in [6.07, 6.45) is 8.49. The minimum absolute atomic E-state index is 0.0956. The van der Waals surface area contributed by atoms with Crippen LogP contribution in [0.15, 0.2) is 42.5 Å². The fraction of sp³-hybridized carbons (Fsp3) is 0.771. The average molecular weight is 661 g/mol. The average Bonchev–Trinajstić information content (AvgIpc) is 3.61. The van der Waals surface area contributed by atoms with Crippen LogP contribution in [0.5, 0.6) is 0 Å². The number of hydrogen-bond acceptors (Lipinski definition) is 9. The van der Waals surface area contributed by atoms with E-state index in [1.54, 1.807) is 33.9 Å². The smallest absolute Gasteiger partial charge is 0.159 e. The largest absolute Gasteiger partial charge is 0.396 e. The molecule has 5 aliphatic rings. The highest BCUT2D eigenvalue weighted by atomic mass is 33.1. The molecule has 3 saturated carbocycles. The van der Waals surface area contributed by atoms with Crippen LogP contribution in [0.2, 0.25) is 0 Å². The quantitative estimate of drug-likeness (QED) is 0.228. The molecule has 1 saturated heterocycles. The molecule has 8 nitrogen and oxygen atoms in total. The maximum atomic E-state index is 13.8. The maximum absolute atomic E-state index is 13.8. The first-order chi connectivity index (χ1) is 21.2. The summed E-state index contributed by atoms with van der Waals surface area (Å²) >= 11 is 0. The molecule has 4 aliphatic carbocycles. The fourth-order valence-electron chi connectivity index (χ4n) is 10.4. The molecule has 10 heteroatoms. The van der Waals surface area contributed by atoms with Gasteiger partial charge in [-0.05, 0) is 85.2 Å². The van der Waals surface area contributed by atoms with Gasteiger partial charge in [-0.2, -0.15) is 0 Å². The minimum Gasteiger partial charge on any atom is -0.396 e. The van der Waals surface area contributed by atoms with Gasteiger partial charge in [-0.15, -0.1) is 0 Å². The Morgan fingerprint density at radius 3 is 2.47 bits per heavy atom. The summed E-state index contributed by atoms with van der Waals surface area (Å²) < 4.78 is 2.15. The molecule has 5 N–H and O–H groups in total. The first-order valence-electron chi connectivity index (χ1n) is 16.7. The molecule has 0 amide bonds. The van der Waals surface area contributed by atoms with Gasteiger partial charge in [0.15, 0.2) is 5.78 Å². The summed E-state index contributed by atoms with van der Waals surface area (Å²) in [6.45, 7) is 12.7. The van der Waals surface area contributed by atoms with E-state index in [2.05, 4.69) is 43.8 Å². The topological polar surface area (TPSA) is 136 Å². The number of aliphatic hydroxyl groups excluding tert-OH is 4. The lowest BCUT2D eigenvalue weighted by Gasteiger charge is -2.61. The third kappa shape index (κ3) is 5.24. The first kappa shape index (κ1) is 33.7. The van der Waals surface area contributed by atoms with Gasteiger partial charge in [0.2, 0.25) is 0 Å². The Bertz CT molecular complexity index is 1320. The molecule has 250 valence electrons. The van der Waals surface area contributed by atoms with E-state index in [9.17, 15) is 30.3 Å². The van der Waals surface area contributed by atoms with Gasteiger partial charge in [0.05, 0.1) is 36.8 Å². The molecule has 6 rings (SSSR count). The summed E-state index contributed by atoms with van der Waals surface area (Å²) in [5.74, 6) is 0.245. The minimum atomic E-state index is -1.43. The summed E-state index contributed by atoms with van der Waals surface area (Å²) in [5.41, 5.74) is -1.45. The number of carbonyl (C=O) groups excluding carboxylic acids is 1. The van der Waals surface area contributed by atoms with Gasteiger partial charge in [0.25, 0.3) is 0 Å². The predicted molar refractivity (Wildman–Crippen MR) is 178 cm³/mol. The van der Waals surface area contributed by atoms with Crippen molar-refractivity contribution in [2.45, 2.75) is 103 Å². The van der Waals surface area contributed by atoms with E-state index in [1.807, 2.05) is 12.5 Å². The van der Waals surface area contributed by atoms with Crippen LogP contribution in [-0.2, 0) is 4.79 Å². The molecule has 4 fully saturated rings. The predicted octanol–water partition coefficient (Wildman–Crippen LogP) is 4.58. The van der Waals surface area contributed by atoms with Crippen LogP contribution in [0.25, 0.3) is 0 Å². The lowest BCUT2D eigenvalue weighted by molar-refractivity contribution is -0.169. The van der Waals surface area contributed by atoms with E-state index in [0.717, 1.165) is 17.7 Å². The number of hydrogen-bond donors (Lipinski definition) is 5. The summed E-state index contributed by atoms with van der Waals surface area (Å²) in [5, 5.41) is 57.7. The van der Waals surface area contributed by atoms with E-state index < -0.39 is 40.7 Å². The van der Waals surface area contributed by atoms with Crippen molar-refractivity contribution in [2.75, 3.05) is 18.1 Å². The molecule has 12 atom stereocenters. The van der Waals surface area contributed by atoms with Gasteiger partial charge in [-0.3, -0.25) is 4.79 Å². The van der Waals surface area contributed by atoms with Gasteiger partial charge >= 0.3 is 0 Å². The molecule has 45 heavy (non-hydrogen) atoms. The molecule has 12 unspecified atom stereocenters. The Morgan fingerprint density at radius 1 is 1.04 bits per heavy atom. The first-order valence-corrected chi connectivity index (χ1v) is 19.2. The molecule has 2 heterocycles. The number of carbonyl (C=O) groups is 1. The van der Waals surface area contributed by atoms with Crippen LogP contribution in [0.3, 0.4) is 0 Å². The zero-order valence-electron chi connectivity index (χ0n) is 27.1. The monoisotopic (exact) mass is 660 g/mol. The number of imidazole rings is 1. The summed E-state index contributed by atoms with van der Waals surface area (Å²) in [6, 6.07) is 0.174. The Labute approximate surface area is 275 Å². The number of allylic oxidation sites excluding steroid dienone is 1. The van der Waals surface area contributed by atoms with E-state index >= 15 is 0 Å². The van der Waals surface area contributed by atoms with Crippen LogP contribution >= 0.6 is 21.6 Å². The molecule has 1 aliphatic heterocycles. The zero-order valence-corrected chi connectivity index (χ0v) is 28.8. The molecular weight excluding hydrogens is 609 g/mol. The standard InChI is InChI=1S/C35H52N2O6S2/c1-20-10-28(39)21(2)25-11-22(16-44-45-17-23(14-32(20,3)4)37-9-8-36-19-37)35(43)26-12-29(40)27-13-30(41)31(42)15-33(27,5)24(26)6-7-34(25,35)18-38/h8-9,12,19,21-25,27-28,30-31,38-39,41-43H,1,6-7,10-11,13-18H2,2-5H3. The Kier molecular flexibility index (Phi) is 9.06. The van der Waals surface area contributed by atoms with E-state index in [4.69, 9.17) is 0 Å². The van der Waals surface area contributed by atoms with Gasteiger partial charge in [-0.1, -0.05) is 61.4 Å². The van der Waals surface area contributed by atoms with Crippen LogP contribution in [0.4, 0.5) is 0 Å². The SMILES string of the molecule is C=C1CC(O)C(C)C2CC(CSSCC(n3ccnc3)CC1(C)C)C1(O)C3=CC(=O)C4CC(O)C(O)CC4(C)C3CCC21CO. The molecule has 0 radical (unpaired) electrons. The molecule has 1 aromatic heterocycles. The Hall–Kier alpha value is -1.14. The van der Waals surface area contributed by atoms with Crippen LogP contribution in [0, 0.1) is 45.8 Å². The van der Waals surface area contributed by atoms with Gasteiger partial charge < -0.3 is 30.1 Å². The van der Waals surface area contributed by atoms with E-state index in [1.165, 1.54) is 0 Å². The third-order valence-electron chi connectivity index (χ3n) is 13.3. The van der Waals surface area contributed by atoms with Crippen molar-refractivity contribution in [2.24, 2.45) is 45.8 Å². The van der Waals surface area contributed by atoms with Crippen molar-refractivity contribution in [1.82, 2.24) is 9.55 Å². The number of fused-ring (bicyclic) bond motifs is 9. The molecular formula is C35H52N2O6S2. The number of rotatable bonds is 2. The number of aliphatic hydroxyl groups is 5. The van der Waals surface area contributed by atoms with Gasteiger partial charge in [0, 0.05) is 47.2 Å². The summed E-state index contributed by atoms with van der Waals surface area (Å²) in [7, 11) is 3.53. The van der Waals surface area contributed by atoms with Crippen LogP contribution in [-0.4, -0.2) is 82.9 Å². The van der Waals surface area contributed by atoms with Crippen molar-refractivity contribution in [3.05, 3.63) is 42.5 Å². The number of nitrogens with zero attached hydrogens (tertiary/aromatic N) is 2. The van der Waals surface area contributed by atoms with Crippen LogP contribution < -0.4 is 0 Å². The highest BCUT2D eigenvalue weighted by Gasteiger charge is 2.71. The zero-order chi connectivity index (χ0) is 32.5. The summed E-state index contributed by atoms with van der Waals surface area (Å²) in [4.78, 5) is 18.1. The highest BCUT2D eigenvalue weighted by Crippen LogP contribution is 2.70. The van der Waals surface area contributed by atoms with Crippen LogP contribution in [0.1, 0.15) is 78.7 Å². The lowest BCUT2D eigenvalue weighted by Crippen LogP contribution is -2.64. The highest BCUT2D eigenvalue weighted by molar-refractivity contribution is 8.76. The maximum Gasteiger partial charge on any atom is 0.159 e. The molecule has 2 bridgehead atoms. The van der Waals surface area contributed by atoms with Crippen molar-refractivity contribution in [1.29, 1.82) is 0 Å². The lowest BCUT2D eigenvalue weighted by atomic mass is 9.45. The number of ketones is 1. The van der Waals surface area contributed by atoms with Gasteiger partial charge in [-0.25, -0.2) is 4.98 Å². The van der Waals surface area contributed by atoms with Crippen molar-refractivity contribution >= 4 is 27.4 Å². The molecule has 0 spiro atoms. The van der Waals surface area contributed by atoms with Crippen molar-refractivity contribution in [3.63, 3.8) is 0 Å². The fourth-order valence-corrected chi connectivity index (χ4v) is 13.1. The van der Waals surface area contributed by atoms with Crippen molar-refractivity contribution in [3.8, 4) is 0 Å². The second kappa shape index (κ2) is 12.1. The van der Waals surface area contributed by atoms with E-state index in [0.29, 0.717) is 43.4 Å². The third-order valence-corrected chi connectivity index (χ3v) is 15.9. The Balaban J connectivity index is 1.40. The second-order valence-electron chi connectivity index (χ2n) is 15.9. The second-order valence-corrected chi connectivity index (χ2v) is 18.5. The Morgan fingerprint density at radius 2 is 1.78 bits per heavy atom. The molecule has 1 aromatic rings. The normalized spacial score (nSPS) is 47.2. The van der Waals surface area contributed by atoms with Crippen molar-refractivity contribution < 1.29 is 30.3 Å². The number of aromatic nitrogens is 2.